The number of hydrogen-bond donors (Lipinski definition) is 1. The number of hydrogen-bond acceptors (Lipinski definition) is 5. The van der Waals surface area contributed by atoms with Gasteiger partial charge in [-0.1, -0.05) is 29.8 Å². The average Bonchev–Trinajstić information content (AvgIpc) is 3.15. The van der Waals surface area contributed by atoms with Crippen LogP contribution in [0, 0.1) is 6.92 Å². The monoisotopic (exact) mass is 424 g/mol. The van der Waals surface area contributed by atoms with Gasteiger partial charge in [-0.15, -0.1) is 11.8 Å². The van der Waals surface area contributed by atoms with Crippen LogP contribution in [0.5, 0.6) is 0 Å². The summed E-state index contributed by atoms with van der Waals surface area (Å²) >= 11 is 1.23. The molecule has 30 heavy (non-hydrogen) atoms. The molecule has 156 valence electrons. The van der Waals surface area contributed by atoms with Crippen molar-refractivity contribution < 1.29 is 19.4 Å². The van der Waals surface area contributed by atoms with E-state index in [1.807, 2.05) is 17.8 Å². The number of carbonyl (C=O) groups excluding carboxylic acids is 1. The second-order valence-electron chi connectivity index (χ2n) is 7.55. The zero-order chi connectivity index (χ0) is 21.7. The Kier molecular flexibility index (Phi) is 6.62. The lowest BCUT2D eigenvalue weighted by molar-refractivity contribution is -0.138. The van der Waals surface area contributed by atoms with Gasteiger partial charge in [0.15, 0.2) is 0 Å². The quantitative estimate of drug-likeness (QED) is 0.422. The summed E-state index contributed by atoms with van der Waals surface area (Å²) in [6, 6.07) is 15.0. The fourth-order valence-corrected chi connectivity index (χ4v) is 3.63. The van der Waals surface area contributed by atoms with Crippen molar-refractivity contribution in [1.82, 2.24) is 9.78 Å². The number of aromatic nitrogens is 2. The van der Waals surface area contributed by atoms with Gasteiger partial charge in [-0.25, -0.2) is 4.79 Å². The van der Waals surface area contributed by atoms with Gasteiger partial charge >= 0.3 is 11.9 Å². The fraction of sp³-hybridized carbons (Fsp3) is 0.261. The van der Waals surface area contributed by atoms with Crippen molar-refractivity contribution in [3.05, 3.63) is 83.2 Å². The predicted molar refractivity (Wildman–Crippen MR) is 116 cm³/mol. The number of benzene rings is 2. The highest BCUT2D eigenvalue weighted by molar-refractivity contribution is 8.01. The van der Waals surface area contributed by atoms with Gasteiger partial charge < -0.3 is 9.84 Å². The summed E-state index contributed by atoms with van der Waals surface area (Å²) < 4.78 is 6.25. The normalized spacial score (nSPS) is 11.3. The molecule has 0 bridgehead atoms. The number of thioether (sulfide) groups is 1. The summed E-state index contributed by atoms with van der Waals surface area (Å²) in [7, 11) is 0. The SMILES string of the molecule is Cc1ccc(Cn2cc(COC(=O)c3ccc(SC(C)(C)C(=O)O)cc3)cn2)cc1. The molecule has 1 heterocycles. The molecular weight excluding hydrogens is 400 g/mol. The topological polar surface area (TPSA) is 81.4 Å². The Labute approximate surface area is 179 Å². The van der Waals surface area contributed by atoms with Crippen molar-refractivity contribution in [3.63, 3.8) is 0 Å². The number of carboxylic acids is 1. The molecule has 6 nitrogen and oxygen atoms in total. The van der Waals surface area contributed by atoms with Gasteiger partial charge in [0.2, 0.25) is 0 Å². The van der Waals surface area contributed by atoms with Gasteiger partial charge in [0.1, 0.15) is 11.4 Å². The highest BCUT2D eigenvalue weighted by Crippen LogP contribution is 2.32. The summed E-state index contributed by atoms with van der Waals surface area (Å²) in [5, 5.41) is 13.5. The highest BCUT2D eigenvalue weighted by Gasteiger charge is 2.28. The summed E-state index contributed by atoms with van der Waals surface area (Å²) in [5.74, 6) is -1.32. The molecule has 3 rings (SSSR count). The van der Waals surface area contributed by atoms with Crippen LogP contribution in [0.1, 0.15) is 40.9 Å². The van der Waals surface area contributed by atoms with Crippen LogP contribution in [0.3, 0.4) is 0 Å². The van der Waals surface area contributed by atoms with E-state index in [-0.39, 0.29) is 6.61 Å². The van der Waals surface area contributed by atoms with Gasteiger partial charge in [-0.05, 0) is 50.6 Å². The van der Waals surface area contributed by atoms with Crippen LogP contribution in [-0.2, 0) is 22.7 Å². The van der Waals surface area contributed by atoms with Crippen molar-refractivity contribution in [3.8, 4) is 0 Å². The Hall–Kier alpha value is -3.06. The van der Waals surface area contributed by atoms with Gasteiger partial charge in [-0.2, -0.15) is 5.10 Å². The first-order valence-corrected chi connectivity index (χ1v) is 10.3. The molecule has 3 aromatic rings. The first kappa shape index (κ1) is 21.6. The van der Waals surface area contributed by atoms with Gasteiger partial charge in [0.05, 0.1) is 18.3 Å². The number of rotatable bonds is 8. The van der Waals surface area contributed by atoms with Crippen molar-refractivity contribution in [2.45, 2.75) is 43.6 Å². The van der Waals surface area contributed by atoms with Crippen molar-refractivity contribution in [2.75, 3.05) is 0 Å². The smallest absolute Gasteiger partial charge is 0.338 e. The number of carboxylic acid groups (broad SMARTS) is 1. The van der Waals surface area contributed by atoms with E-state index in [2.05, 4.69) is 29.4 Å². The van der Waals surface area contributed by atoms with Crippen LogP contribution in [0.4, 0.5) is 0 Å². The van der Waals surface area contributed by atoms with Crippen LogP contribution in [0.2, 0.25) is 0 Å². The minimum Gasteiger partial charge on any atom is -0.480 e. The molecule has 0 amide bonds. The molecule has 1 N–H and O–H groups in total. The third-order valence-corrected chi connectivity index (χ3v) is 5.69. The Morgan fingerprint density at radius 2 is 1.73 bits per heavy atom. The first-order chi connectivity index (χ1) is 14.2. The number of nitrogens with zero attached hydrogens (tertiary/aromatic N) is 2. The molecule has 7 heteroatoms. The Balaban J connectivity index is 1.53. The van der Waals surface area contributed by atoms with Crippen LogP contribution < -0.4 is 0 Å². The van der Waals surface area contributed by atoms with E-state index in [0.29, 0.717) is 12.1 Å². The van der Waals surface area contributed by atoms with Crippen molar-refractivity contribution in [1.29, 1.82) is 0 Å². The van der Waals surface area contributed by atoms with E-state index in [4.69, 9.17) is 4.74 Å². The second-order valence-corrected chi connectivity index (χ2v) is 9.25. The first-order valence-electron chi connectivity index (χ1n) is 9.49. The Morgan fingerprint density at radius 1 is 1.07 bits per heavy atom. The fourth-order valence-electron chi connectivity index (χ4n) is 2.68. The van der Waals surface area contributed by atoms with Gasteiger partial charge in [0.25, 0.3) is 0 Å². The number of carbonyl (C=O) groups is 2. The van der Waals surface area contributed by atoms with Crippen LogP contribution in [0.25, 0.3) is 0 Å². The average molecular weight is 425 g/mol. The number of ether oxygens (including phenoxy) is 1. The minimum absolute atomic E-state index is 0.134. The van der Waals surface area contributed by atoms with E-state index in [1.54, 1.807) is 44.3 Å². The molecular formula is C23H24N2O4S. The maximum absolute atomic E-state index is 12.3. The summed E-state index contributed by atoms with van der Waals surface area (Å²) in [5.41, 5.74) is 3.59. The zero-order valence-corrected chi connectivity index (χ0v) is 18.0. The maximum Gasteiger partial charge on any atom is 0.338 e. The summed E-state index contributed by atoms with van der Waals surface area (Å²) in [6.45, 7) is 6.12. The summed E-state index contributed by atoms with van der Waals surface area (Å²) in [4.78, 5) is 24.3. The molecule has 0 aliphatic carbocycles. The lowest BCUT2D eigenvalue weighted by atomic mass is 10.1. The minimum atomic E-state index is -0.944. The zero-order valence-electron chi connectivity index (χ0n) is 17.2. The van der Waals surface area contributed by atoms with Gasteiger partial charge in [-0.3, -0.25) is 9.48 Å². The van der Waals surface area contributed by atoms with Crippen molar-refractivity contribution >= 4 is 23.7 Å². The number of aliphatic carboxylic acids is 1. The molecule has 0 radical (unpaired) electrons. The lowest BCUT2D eigenvalue weighted by Crippen LogP contribution is -2.26. The molecule has 0 spiro atoms. The summed E-state index contributed by atoms with van der Waals surface area (Å²) in [6.07, 6.45) is 3.55. The van der Waals surface area contributed by atoms with Crippen molar-refractivity contribution in [2.24, 2.45) is 0 Å². The molecule has 1 aromatic heterocycles. The molecule has 2 aromatic carbocycles. The predicted octanol–water partition coefficient (Wildman–Crippen LogP) is 4.55. The van der Waals surface area contributed by atoms with Gasteiger partial charge in [0, 0.05) is 16.7 Å². The lowest BCUT2D eigenvalue weighted by Gasteiger charge is -2.18. The highest BCUT2D eigenvalue weighted by atomic mass is 32.2. The molecule has 0 aliphatic rings. The molecule has 0 saturated carbocycles. The second kappa shape index (κ2) is 9.17. The van der Waals surface area contributed by atoms with E-state index < -0.39 is 16.7 Å². The molecule has 0 aliphatic heterocycles. The van der Waals surface area contributed by atoms with E-state index in [1.165, 1.54) is 17.3 Å². The third-order valence-electron chi connectivity index (χ3n) is 4.50. The third kappa shape index (κ3) is 5.73. The Morgan fingerprint density at radius 3 is 2.37 bits per heavy atom. The molecule has 0 fully saturated rings. The largest absolute Gasteiger partial charge is 0.480 e. The van der Waals surface area contributed by atoms with Crippen LogP contribution in [-0.4, -0.2) is 31.6 Å². The molecule has 0 saturated heterocycles. The number of esters is 1. The number of aryl methyl sites for hydroxylation is 1. The van der Waals surface area contributed by atoms with E-state index >= 15 is 0 Å². The molecule has 0 unspecified atom stereocenters. The standard InChI is InChI=1S/C23H24N2O4S/c1-16-4-6-17(7-5-16)13-25-14-18(12-24-25)15-29-21(26)19-8-10-20(11-9-19)30-23(2,3)22(27)28/h4-12,14H,13,15H2,1-3H3,(H,27,28). The van der Waals surface area contributed by atoms with Crippen LogP contribution in [0.15, 0.2) is 65.8 Å². The molecule has 0 atom stereocenters. The van der Waals surface area contributed by atoms with Crippen LogP contribution >= 0.6 is 11.8 Å². The van der Waals surface area contributed by atoms with E-state index in [0.717, 1.165) is 16.0 Å². The Bertz CT molecular complexity index is 1020. The maximum atomic E-state index is 12.3. The van der Waals surface area contributed by atoms with E-state index in [9.17, 15) is 14.7 Å².